The van der Waals surface area contributed by atoms with E-state index in [9.17, 15) is 9.59 Å². The molecule has 1 N–H and O–H groups in total. The topological polar surface area (TPSA) is 65.5 Å². The monoisotopic (exact) mass is 352 g/mol. The quantitative estimate of drug-likeness (QED) is 0.924. The number of anilines is 1. The zero-order valence-electron chi connectivity index (χ0n) is 15.5. The van der Waals surface area contributed by atoms with Gasteiger partial charge in [0, 0.05) is 45.3 Å². The summed E-state index contributed by atoms with van der Waals surface area (Å²) >= 11 is 0. The number of amides is 3. The highest BCUT2D eigenvalue weighted by atomic mass is 16.2. The van der Waals surface area contributed by atoms with Gasteiger partial charge in [0.25, 0.3) is 5.91 Å². The van der Waals surface area contributed by atoms with Crippen LogP contribution in [0, 0.1) is 0 Å². The van der Waals surface area contributed by atoms with Crippen molar-refractivity contribution >= 4 is 17.6 Å². The van der Waals surface area contributed by atoms with E-state index < -0.39 is 0 Å². The first kappa shape index (κ1) is 17.9. The molecule has 0 unspecified atom stereocenters. The lowest BCUT2D eigenvalue weighted by Crippen LogP contribution is -2.42. The number of hydrogen-bond acceptors (Lipinski definition) is 3. The van der Waals surface area contributed by atoms with Crippen molar-refractivity contribution in [1.29, 1.82) is 0 Å². The summed E-state index contributed by atoms with van der Waals surface area (Å²) in [6, 6.07) is 7.83. The van der Waals surface area contributed by atoms with Gasteiger partial charge in [-0.1, -0.05) is 19.1 Å². The molecule has 26 heavy (non-hydrogen) atoms. The molecule has 6 heteroatoms. The fraction of sp³-hybridized carbons (Fsp3) is 0.350. The van der Waals surface area contributed by atoms with E-state index in [1.54, 1.807) is 36.3 Å². The third-order valence-electron chi connectivity index (χ3n) is 4.66. The fourth-order valence-corrected chi connectivity index (χ4v) is 3.16. The van der Waals surface area contributed by atoms with Crippen molar-refractivity contribution in [2.45, 2.75) is 26.3 Å². The maximum absolute atomic E-state index is 12.7. The second kappa shape index (κ2) is 7.56. The molecular weight excluding hydrogens is 328 g/mol. The number of hydrogen-bond donors (Lipinski definition) is 1. The largest absolute Gasteiger partial charge is 0.331 e. The summed E-state index contributed by atoms with van der Waals surface area (Å²) in [5, 5.41) is 2.94. The molecule has 0 atom stereocenters. The summed E-state index contributed by atoms with van der Waals surface area (Å²) in [5.74, 6) is -0.161. The molecule has 0 fully saturated rings. The Morgan fingerprint density at radius 3 is 2.58 bits per heavy atom. The third kappa shape index (κ3) is 3.69. The van der Waals surface area contributed by atoms with Gasteiger partial charge in [0.05, 0.1) is 5.56 Å². The molecule has 0 saturated carbocycles. The number of rotatable bonds is 3. The molecule has 3 amide bonds. The van der Waals surface area contributed by atoms with Crippen LogP contribution >= 0.6 is 0 Å². The van der Waals surface area contributed by atoms with E-state index in [4.69, 9.17) is 0 Å². The van der Waals surface area contributed by atoms with Crippen LogP contribution in [0.25, 0.3) is 0 Å². The fourth-order valence-electron chi connectivity index (χ4n) is 3.16. The van der Waals surface area contributed by atoms with Gasteiger partial charge < -0.3 is 15.1 Å². The van der Waals surface area contributed by atoms with Gasteiger partial charge in [0.1, 0.15) is 0 Å². The first-order valence-corrected chi connectivity index (χ1v) is 8.82. The van der Waals surface area contributed by atoms with E-state index >= 15 is 0 Å². The van der Waals surface area contributed by atoms with Crippen LogP contribution in [-0.2, 0) is 19.4 Å². The molecule has 0 bridgehead atoms. The SMILES string of the molecule is CCc1ccc(NC(=O)c2cncc3c2CCN(C(=O)N(C)C)C3)cc1. The Balaban J connectivity index is 1.78. The molecule has 1 aliphatic rings. The maximum Gasteiger partial charge on any atom is 0.319 e. The summed E-state index contributed by atoms with van der Waals surface area (Å²) in [7, 11) is 3.48. The maximum atomic E-state index is 12.7. The number of pyridine rings is 1. The molecule has 6 nitrogen and oxygen atoms in total. The van der Waals surface area contributed by atoms with Gasteiger partial charge in [0.15, 0.2) is 0 Å². The molecular formula is C20H24N4O2. The molecule has 1 aliphatic heterocycles. The first-order chi connectivity index (χ1) is 12.5. The molecule has 2 aromatic rings. The average Bonchev–Trinajstić information content (AvgIpc) is 2.66. The normalized spacial score (nSPS) is 13.1. The summed E-state index contributed by atoms with van der Waals surface area (Å²) in [6.45, 7) is 3.17. The van der Waals surface area contributed by atoms with E-state index in [2.05, 4.69) is 17.2 Å². The van der Waals surface area contributed by atoms with E-state index in [0.717, 1.165) is 23.2 Å². The van der Waals surface area contributed by atoms with Gasteiger partial charge in [-0.2, -0.15) is 0 Å². The highest BCUT2D eigenvalue weighted by molar-refractivity contribution is 6.05. The first-order valence-electron chi connectivity index (χ1n) is 8.82. The van der Waals surface area contributed by atoms with E-state index in [-0.39, 0.29) is 11.9 Å². The van der Waals surface area contributed by atoms with Crippen molar-refractivity contribution in [3.05, 3.63) is 58.9 Å². The number of carbonyl (C=O) groups excluding carboxylic acids is 2. The molecule has 3 rings (SSSR count). The minimum Gasteiger partial charge on any atom is -0.331 e. The summed E-state index contributed by atoms with van der Waals surface area (Å²) < 4.78 is 0. The van der Waals surface area contributed by atoms with E-state index in [1.165, 1.54) is 5.56 Å². The number of urea groups is 1. The third-order valence-corrected chi connectivity index (χ3v) is 4.66. The Hall–Kier alpha value is -2.89. The number of benzene rings is 1. The van der Waals surface area contributed by atoms with Gasteiger partial charge in [-0.3, -0.25) is 9.78 Å². The van der Waals surface area contributed by atoms with Crippen LogP contribution < -0.4 is 5.32 Å². The van der Waals surface area contributed by atoms with Crippen molar-refractivity contribution in [2.24, 2.45) is 0 Å². The lowest BCUT2D eigenvalue weighted by atomic mass is 9.96. The smallest absolute Gasteiger partial charge is 0.319 e. The van der Waals surface area contributed by atoms with Crippen LogP contribution in [0.2, 0.25) is 0 Å². The number of carbonyl (C=O) groups is 2. The zero-order valence-corrected chi connectivity index (χ0v) is 15.5. The predicted octanol–water partition coefficient (Wildman–Crippen LogP) is 2.94. The highest BCUT2D eigenvalue weighted by Gasteiger charge is 2.25. The van der Waals surface area contributed by atoms with Crippen LogP contribution in [0.1, 0.15) is 34.0 Å². The van der Waals surface area contributed by atoms with Crippen molar-refractivity contribution in [1.82, 2.24) is 14.8 Å². The van der Waals surface area contributed by atoms with E-state index in [0.29, 0.717) is 25.1 Å². The van der Waals surface area contributed by atoms with Gasteiger partial charge in [-0.15, -0.1) is 0 Å². The van der Waals surface area contributed by atoms with Gasteiger partial charge in [-0.25, -0.2) is 4.79 Å². The molecule has 0 spiro atoms. The van der Waals surface area contributed by atoms with Crippen molar-refractivity contribution in [2.75, 3.05) is 26.0 Å². The Kier molecular flexibility index (Phi) is 5.21. The Morgan fingerprint density at radius 1 is 1.19 bits per heavy atom. The van der Waals surface area contributed by atoms with Crippen molar-refractivity contribution < 1.29 is 9.59 Å². The lowest BCUT2D eigenvalue weighted by molar-refractivity contribution is 0.102. The number of aromatic nitrogens is 1. The lowest BCUT2D eigenvalue weighted by Gasteiger charge is -2.31. The highest BCUT2D eigenvalue weighted by Crippen LogP contribution is 2.23. The second-order valence-electron chi connectivity index (χ2n) is 6.68. The number of nitrogens with one attached hydrogen (secondary N) is 1. The van der Waals surface area contributed by atoms with Crippen LogP contribution in [0.4, 0.5) is 10.5 Å². The van der Waals surface area contributed by atoms with E-state index in [1.807, 2.05) is 24.3 Å². The van der Waals surface area contributed by atoms with Crippen molar-refractivity contribution in [3.8, 4) is 0 Å². The van der Waals surface area contributed by atoms with Crippen LogP contribution in [0.5, 0.6) is 0 Å². The minimum absolute atomic E-state index is 0.0264. The molecule has 136 valence electrons. The zero-order chi connectivity index (χ0) is 18.7. The van der Waals surface area contributed by atoms with Crippen molar-refractivity contribution in [3.63, 3.8) is 0 Å². The van der Waals surface area contributed by atoms with Crippen LogP contribution in [0.15, 0.2) is 36.7 Å². The molecule has 1 aromatic carbocycles. The molecule has 0 saturated heterocycles. The van der Waals surface area contributed by atoms with Gasteiger partial charge in [-0.05, 0) is 41.7 Å². The number of nitrogens with zero attached hydrogens (tertiary/aromatic N) is 3. The van der Waals surface area contributed by atoms with Crippen LogP contribution in [0.3, 0.4) is 0 Å². The minimum atomic E-state index is -0.161. The molecule has 1 aromatic heterocycles. The molecule has 2 heterocycles. The molecule has 0 aliphatic carbocycles. The second-order valence-corrected chi connectivity index (χ2v) is 6.68. The summed E-state index contributed by atoms with van der Waals surface area (Å²) in [4.78, 5) is 32.4. The number of aryl methyl sites for hydroxylation is 1. The van der Waals surface area contributed by atoms with Gasteiger partial charge in [0.2, 0.25) is 0 Å². The summed E-state index contributed by atoms with van der Waals surface area (Å²) in [6.07, 6.45) is 4.97. The standard InChI is InChI=1S/C20H24N4O2/c1-4-14-5-7-16(8-6-14)22-19(25)18-12-21-11-15-13-24(10-9-17(15)18)20(26)23(2)3/h5-8,11-12H,4,9-10,13H2,1-3H3,(H,22,25). The molecule has 0 radical (unpaired) electrons. The Bertz CT molecular complexity index is 815. The Morgan fingerprint density at radius 2 is 1.92 bits per heavy atom. The van der Waals surface area contributed by atoms with Gasteiger partial charge >= 0.3 is 6.03 Å². The Labute approximate surface area is 153 Å². The predicted molar refractivity (Wildman–Crippen MR) is 101 cm³/mol. The average molecular weight is 352 g/mol. The number of fused-ring (bicyclic) bond motifs is 1. The van der Waals surface area contributed by atoms with Crippen LogP contribution in [-0.4, -0.2) is 47.4 Å². The summed E-state index contributed by atoms with van der Waals surface area (Å²) in [5.41, 5.74) is 4.49.